The molecule has 3 rings (SSSR count). The summed E-state index contributed by atoms with van der Waals surface area (Å²) in [5.74, 6) is 0. The lowest BCUT2D eigenvalue weighted by molar-refractivity contribution is 0.841. The SMILES string of the molecule is NCc1cn(Cc2cncs2)c2ccccc12. The zero-order valence-electron chi connectivity index (χ0n) is 9.34. The molecule has 0 spiro atoms. The first-order chi connectivity index (χ1) is 8.38. The molecule has 0 saturated carbocycles. The van der Waals surface area contributed by atoms with Gasteiger partial charge < -0.3 is 10.3 Å². The molecule has 0 aliphatic heterocycles. The summed E-state index contributed by atoms with van der Waals surface area (Å²) < 4.78 is 2.24. The van der Waals surface area contributed by atoms with E-state index >= 15 is 0 Å². The van der Waals surface area contributed by atoms with Gasteiger partial charge in [-0.1, -0.05) is 18.2 Å². The van der Waals surface area contributed by atoms with Crippen LogP contribution in [0, 0.1) is 0 Å². The van der Waals surface area contributed by atoms with Crippen molar-refractivity contribution in [3.05, 3.63) is 52.6 Å². The summed E-state index contributed by atoms with van der Waals surface area (Å²) in [7, 11) is 0. The lowest BCUT2D eigenvalue weighted by Gasteiger charge is -2.01. The Hall–Kier alpha value is -1.65. The molecule has 3 aromatic rings. The van der Waals surface area contributed by atoms with Crippen LogP contribution in [-0.2, 0) is 13.1 Å². The average Bonchev–Trinajstić information content (AvgIpc) is 2.98. The van der Waals surface area contributed by atoms with E-state index in [0.29, 0.717) is 6.54 Å². The number of hydrogen-bond acceptors (Lipinski definition) is 3. The van der Waals surface area contributed by atoms with E-state index in [-0.39, 0.29) is 0 Å². The highest BCUT2D eigenvalue weighted by atomic mass is 32.1. The van der Waals surface area contributed by atoms with Crippen LogP contribution < -0.4 is 5.73 Å². The fourth-order valence-corrected chi connectivity index (χ4v) is 2.70. The molecule has 0 unspecified atom stereocenters. The highest BCUT2D eigenvalue weighted by Gasteiger charge is 2.07. The van der Waals surface area contributed by atoms with Crippen molar-refractivity contribution in [2.24, 2.45) is 5.73 Å². The molecule has 0 radical (unpaired) electrons. The Morgan fingerprint density at radius 3 is 2.94 bits per heavy atom. The predicted molar refractivity (Wildman–Crippen MR) is 71.0 cm³/mol. The summed E-state index contributed by atoms with van der Waals surface area (Å²) in [6.45, 7) is 1.45. The molecule has 17 heavy (non-hydrogen) atoms. The molecule has 0 saturated heterocycles. The van der Waals surface area contributed by atoms with Gasteiger partial charge in [-0.3, -0.25) is 4.98 Å². The molecule has 0 aliphatic carbocycles. The van der Waals surface area contributed by atoms with Crippen LogP contribution in [0.1, 0.15) is 10.4 Å². The minimum absolute atomic E-state index is 0.580. The van der Waals surface area contributed by atoms with Crippen molar-refractivity contribution in [1.82, 2.24) is 9.55 Å². The molecule has 0 amide bonds. The molecule has 2 N–H and O–H groups in total. The lowest BCUT2D eigenvalue weighted by Crippen LogP contribution is -1.97. The second kappa shape index (κ2) is 4.31. The maximum atomic E-state index is 5.78. The van der Waals surface area contributed by atoms with Crippen LogP contribution in [0.4, 0.5) is 0 Å². The van der Waals surface area contributed by atoms with Gasteiger partial charge in [0.15, 0.2) is 0 Å². The minimum atomic E-state index is 0.580. The van der Waals surface area contributed by atoms with Crippen molar-refractivity contribution >= 4 is 22.2 Å². The maximum absolute atomic E-state index is 5.78. The van der Waals surface area contributed by atoms with E-state index in [1.165, 1.54) is 21.3 Å². The fourth-order valence-electron chi connectivity index (χ4n) is 2.10. The summed E-state index contributed by atoms with van der Waals surface area (Å²) in [5, 5.41) is 1.25. The Bertz CT molecular complexity index is 625. The first-order valence-electron chi connectivity index (χ1n) is 5.52. The van der Waals surface area contributed by atoms with Crippen molar-refractivity contribution < 1.29 is 0 Å². The predicted octanol–water partition coefficient (Wildman–Crippen LogP) is 2.60. The van der Waals surface area contributed by atoms with Crippen LogP contribution in [0.3, 0.4) is 0 Å². The van der Waals surface area contributed by atoms with Crippen LogP contribution in [0.5, 0.6) is 0 Å². The Morgan fingerprint density at radius 1 is 1.29 bits per heavy atom. The zero-order chi connectivity index (χ0) is 11.7. The molecule has 86 valence electrons. The highest BCUT2D eigenvalue weighted by Crippen LogP contribution is 2.22. The van der Waals surface area contributed by atoms with Crippen molar-refractivity contribution in [2.45, 2.75) is 13.1 Å². The average molecular weight is 243 g/mol. The molecule has 0 aliphatic rings. The van der Waals surface area contributed by atoms with Gasteiger partial charge in [-0.05, 0) is 11.6 Å². The van der Waals surface area contributed by atoms with E-state index in [0.717, 1.165) is 6.54 Å². The molecule has 2 heterocycles. The van der Waals surface area contributed by atoms with Crippen LogP contribution in [0.25, 0.3) is 10.9 Å². The molecular weight excluding hydrogens is 230 g/mol. The molecular formula is C13H13N3S. The molecule has 0 atom stereocenters. The summed E-state index contributed by atoms with van der Waals surface area (Å²) in [6, 6.07) is 8.38. The molecule has 0 bridgehead atoms. The monoisotopic (exact) mass is 243 g/mol. The number of rotatable bonds is 3. The first kappa shape index (κ1) is 10.5. The van der Waals surface area contributed by atoms with Crippen LogP contribution in [0.2, 0.25) is 0 Å². The molecule has 4 heteroatoms. The van der Waals surface area contributed by atoms with E-state index in [1.807, 2.05) is 11.7 Å². The topological polar surface area (TPSA) is 43.8 Å². The van der Waals surface area contributed by atoms with Crippen molar-refractivity contribution in [2.75, 3.05) is 0 Å². The lowest BCUT2D eigenvalue weighted by atomic mass is 10.2. The van der Waals surface area contributed by atoms with E-state index < -0.39 is 0 Å². The number of nitrogens with zero attached hydrogens (tertiary/aromatic N) is 2. The van der Waals surface area contributed by atoms with Gasteiger partial charge in [-0.15, -0.1) is 11.3 Å². The van der Waals surface area contributed by atoms with Crippen LogP contribution >= 0.6 is 11.3 Å². The number of thiazole rings is 1. The van der Waals surface area contributed by atoms with Crippen molar-refractivity contribution in [3.63, 3.8) is 0 Å². The first-order valence-corrected chi connectivity index (χ1v) is 6.40. The molecule has 2 aromatic heterocycles. The second-order valence-electron chi connectivity index (χ2n) is 3.97. The Balaban J connectivity index is 2.10. The number of aromatic nitrogens is 2. The zero-order valence-corrected chi connectivity index (χ0v) is 10.2. The third kappa shape index (κ3) is 1.85. The maximum Gasteiger partial charge on any atom is 0.0794 e. The molecule has 3 nitrogen and oxygen atoms in total. The summed E-state index contributed by atoms with van der Waals surface area (Å²) in [6.07, 6.45) is 4.06. The second-order valence-corrected chi connectivity index (χ2v) is 4.94. The minimum Gasteiger partial charge on any atom is -0.342 e. The van der Waals surface area contributed by atoms with E-state index in [1.54, 1.807) is 11.3 Å². The standard InChI is InChI=1S/C13H13N3S/c14-5-10-7-16(8-11-6-15-9-17-11)13-4-2-1-3-12(10)13/h1-4,6-7,9H,5,8,14H2. The Labute approximate surface area is 104 Å². The number of fused-ring (bicyclic) bond motifs is 1. The summed E-state index contributed by atoms with van der Waals surface area (Å²) in [4.78, 5) is 5.36. The Morgan fingerprint density at radius 2 is 2.18 bits per heavy atom. The van der Waals surface area contributed by atoms with Gasteiger partial charge in [0.2, 0.25) is 0 Å². The Kier molecular flexibility index (Phi) is 2.66. The van der Waals surface area contributed by atoms with Gasteiger partial charge in [0.1, 0.15) is 0 Å². The summed E-state index contributed by atoms with van der Waals surface area (Å²) in [5.41, 5.74) is 10.1. The van der Waals surface area contributed by atoms with Crippen molar-refractivity contribution in [3.8, 4) is 0 Å². The smallest absolute Gasteiger partial charge is 0.0794 e. The van der Waals surface area contributed by atoms with Gasteiger partial charge in [-0.2, -0.15) is 0 Å². The van der Waals surface area contributed by atoms with Crippen molar-refractivity contribution in [1.29, 1.82) is 0 Å². The van der Waals surface area contributed by atoms with Crippen LogP contribution in [-0.4, -0.2) is 9.55 Å². The quantitative estimate of drug-likeness (QED) is 0.768. The molecule has 1 aromatic carbocycles. The largest absolute Gasteiger partial charge is 0.342 e. The third-order valence-electron chi connectivity index (χ3n) is 2.90. The fraction of sp³-hybridized carbons (Fsp3) is 0.154. The summed E-state index contributed by atoms with van der Waals surface area (Å²) >= 11 is 1.68. The highest BCUT2D eigenvalue weighted by molar-refractivity contribution is 7.09. The van der Waals surface area contributed by atoms with Crippen LogP contribution in [0.15, 0.2) is 42.2 Å². The van der Waals surface area contributed by atoms with Gasteiger partial charge in [0.05, 0.1) is 12.1 Å². The van der Waals surface area contributed by atoms with E-state index in [4.69, 9.17) is 5.73 Å². The van der Waals surface area contributed by atoms with E-state index in [9.17, 15) is 0 Å². The van der Waals surface area contributed by atoms with Gasteiger partial charge >= 0.3 is 0 Å². The number of nitrogens with two attached hydrogens (primary N) is 1. The normalized spacial score (nSPS) is 11.1. The van der Waals surface area contributed by atoms with Gasteiger partial charge in [0.25, 0.3) is 0 Å². The number of para-hydroxylation sites is 1. The number of benzene rings is 1. The van der Waals surface area contributed by atoms with Gasteiger partial charge in [-0.25, -0.2) is 0 Å². The number of hydrogen-bond donors (Lipinski definition) is 1. The molecule has 0 fully saturated rings. The van der Waals surface area contributed by atoms with E-state index in [2.05, 4.69) is 40.0 Å². The van der Waals surface area contributed by atoms with Gasteiger partial charge in [0, 0.05) is 34.7 Å². The third-order valence-corrected chi connectivity index (χ3v) is 3.67.